The van der Waals surface area contributed by atoms with Crippen LogP contribution in [0.1, 0.15) is 130 Å². The fourth-order valence-corrected chi connectivity index (χ4v) is 4.86. The molecule has 0 saturated carbocycles. The van der Waals surface area contributed by atoms with Crippen molar-refractivity contribution in [1.29, 1.82) is 0 Å². The SMILES string of the molecule is CCCCCCCCCCCCCCCC(=O)NCCOCCOCC(=O)NCCOCCOCC(=O)NC(CCC(=O)O)C(=O)OC(C)(C)C. The fraction of sp³-hybridized carbons (Fsp3) is 0.865. The highest BCUT2D eigenvalue weighted by Gasteiger charge is 2.27. The monoisotopic (exact) mass is 731 g/mol. The maximum absolute atomic E-state index is 12.3. The van der Waals surface area contributed by atoms with E-state index in [1.165, 1.54) is 70.6 Å². The maximum Gasteiger partial charge on any atom is 0.329 e. The topological polar surface area (TPSA) is 188 Å². The Morgan fingerprint density at radius 2 is 1.02 bits per heavy atom. The van der Waals surface area contributed by atoms with Gasteiger partial charge in [0.25, 0.3) is 0 Å². The van der Waals surface area contributed by atoms with Crippen LogP contribution in [0, 0.1) is 0 Å². The summed E-state index contributed by atoms with van der Waals surface area (Å²) in [7, 11) is 0. The van der Waals surface area contributed by atoms with E-state index in [1.54, 1.807) is 20.8 Å². The smallest absolute Gasteiger partial charge is 0.329 e. The number of carbonyl (C=O) groups is 5. The van der Waals surface area contributed by atoms with Gasteiger partial charge in [0, 0.05) is 25.9 Å². The summed E-state index contributed by atoms with van der Waals surface area (Å²) in [6.07, 6.45) is 16.8. The van der Waals surface area contributed by atoms with Crippen LogP contribution in [0.15, 0.2) is 0 Å². The summed E-state index contributed by atoms with van der Waals surface area (Å²) >= 11 is 0. The third-order valence-electron chi connectivity index (χ3n) is 7.53. The van der Waals surface area contributed by atoms with E-state index < -0.39 is 29.5 Å². The van der Waals surface area contributed by atoms with Crippen molar-refractivity contribution in [1.82, 2.24) is 16.0 Å². The molecule has 0 heterocycles. The number of amides is 3. The molecule has 14 nitrogen and oxygen atoms in total. The van der Waals surface area contributed by atoms with Crippen LogP contribution in [0.3, 0.4) is 0 Å². The second kappa shape index (κ2) is 33.1. The van der Waals surface area contributed by atoms with E-state index in [2.05, 4.69) is 22.9 Å². The molecule has 298 valence electrons. The Hall–Kier alpha value is -2.81. The van der Waals surface area contributed by atoms with Gasteiger partial charge in [0.15, 0.2) is 0 Å². The van der Waals surface area contributed by atoms with E-state index in [1.807, 2.05) is 0 Å². The first-order valence-corrected chi connectivity index (χ1v) is 19.0. The highest BCUT2D eigenvalue weighted by atomic mass is 16.6. The second-order valence-corrected chi connectivity index (χ2v) is 13.6. The van der Waals surface area contributed by atoms with E-state index in [0.29, 0.717) is 26.2 Å². The number of unbranched alkanes of at least 4 members (excludes halogenated alkanes) is 12. The van der Waals surface area contributed by atoms with Gasteiger partial charge in [-0.3, -0.25) is 19.2 Å². The first-order valence-electron chi connectivity index (χ1n) is 19.0. The lowest BCUT2D eigenvalue weighted by Gasteiger charge is -2.24. The van der Waals surface area contributed by atoms with Gasteiger partial charge in [0.2, 0.25) is 17.7 Å². The van der Waals surface area contributed by atoms with E-state index in [4.69, 9.17) is 28.8 Å². The number of carbonyl (C=O) groups excluding carboxylic acids is 4. The molecule has 0 aromatic carbocycles. The summed E-state index contributed by atoms with van der Waals surface area (Å²) in [5.41, 5.74) is -0.786. The number of hydrogen-bond donors (Lipinski definition) is 4. The summed E-state index contributed by atoms with van der Waals surface area (Å²) in [6.45, 7) is 8.96. The molecule has 0 radical (unpaired) electrons. The molecule has 51 heavy (non-hydrogen) atoms. The molecule has 0 aromatic heterocycles. The number of hydrogen-bond acceptors (Lipinski definition) is 10. The lowest BCUT2D eigenvalue weighted by atomic mass is 10.0. The fourth-order valence-electron chi connectivity index (χ4n) is 4.86. The van der Waals surface area contributed by atoms with Crippen LogP contribution in [0.2, 0.25) is 0 Å². The van der Waals surface area contributed by atoms with Gasteiger partial charge in [0.05, 0.1) is 39.6 Å². The van der Waals surface area contributed by atoms with Gasteiger partial charge in [-0.15, -0.1) is 0 Å². The third-order valence-corrected chi connectivity index (χ3v) is 7.53. The largest absolute Gasteiger partial charge is 0.481 e. The zero-order valence-corrected chi connectivity index (χ0v) is 32.0. The van der Waals surface area contributed by atoms with E-state index in [9.17, 15) is 24.0 Å². The highest BCUT2D eigenvalue weighted by molar-refractivity contribution is 5.85. The maximum atomic E-state index is 12.3. The van der Waals surface area contributed by atoms with Gasteiger partial charge in [-0.2, -0.15) is 0 Å². The van der Waals surface area contributed by atoms with Crippen molar-refractivity contribution in [2.24, 2.45) is 0 Å². The molecule has 0 rings (SSSR count). The zero-order chi connectivity index (χ0) is 38.0. The minimum absolute atomic E-state index is 0.0510. The Bertz CT molecular complexity index is 928. The molecule has 4 N–H and O–H groups in total. The summed E-state index contributed by atoms with van der Waals surface area (Å²) in [5, 5.41) is 16.9. The molecule has 0 spiro atoms. The van der Waals surface area contributed by atoms with Crippen LogP contribution in [-0.4, -0.2) is 112 Å². The molecule has 0 saturated heterocycles. The van der Waals surface area contributed by atoms with Crippen molar-refractivity contribution in [3.8, 4) is 0 Å². The number of ether oxygens (including phenoxy) is 5. The lowest BCUT2D eigenvalue weighted by Crippen LogP contribution is -2.45. The Balaban J connectivity index is 3.60. The Morgan fingerprint density at radius 3 is 1.51 bits per heavy atom. The van der Waals surface area contributed by atoms with Crippen molar-refractivity contribution in [3.05, 3.63) is 0 Å². The molecule has 14 heteroatoms. The molecule has 0 aliphatic carbocycles. The first kappa shape index (κ1) is 48.2. The Kier molecular flexibility index (Phi) is 31.2. The molecule has 1 unspecified atom stereocenters. The molecule has 0 fully saturated rings. The minimum Gasteiger partial charge on any atom is -0.481 e. The van der Waals surface area contributed by atoms with Crippen molar-refractivity contribution in [2.45, 2.75) is 142 Å². The van der Waals surface area contributed by atoms with E-state index in [-0.39, 0.29) is 70.8 Å². The van der Waals surface area contributed by atoms with Crippen LogP contribution in [0.5, 0.6) is 0 Å². The molecule has 0 aliphatic rings. The molecule has 0 aliphatic heterocycles. The normalized spacial score (nSPS) is 11.9. The summed E-state index contributed by atoms with van der Waals surface area (Å²) in [6, 6.07) is -1.10. The number of esters is 1. The Labute approximate surface area is 306 Å². The summed E-state index contributed by atoms with van der Waals surface area (Å²) in [4.78, 5) is 59.2. The number of nitrogens with one attached hydrogen (secondary N) is 3. The van der Waals surface area contributed by atoms with Gasteiger partial charge in [-0.05, 0) is 33.6 Å². The number of carboxylic acids is 1. The number of rotatable bonds is 35. The quantitative estimate of drug-likeness (QED) is 0.0533. The van der Waals surface area contributed by atoms with Crippen LogP contribution >= 0.6 is 0 Å². The second-order valence-electron chi connectivity index (χ2n) is 13.6. The third kappa shape index (κ3) is 35.4. The van der Waals surface area contributed by atoms with Gasteiger partial charge in [-0.1, -0.05) is 84.0 Å². The van der Waals surface area contributed by atoms with Gasteiger partial charge < -0.3 is 44.7 Å². The van der Waals surface area contributed by atoms with E-state index >= 15 is 0 Å². The molecule has 0 aromatic rings. The van der Waals surface area contributed by atoms with Gasteiger partial charge >= 0.3 is 11.9 Å². The van der Waals surface area contributed by atoms with Crippen molar-refractivity contribution in [2.75, 3.05) is 65.9 Å². The van der Waals surface area contributed by atoms with Gasteiger partial charge in [-0.25, -0.2) is 4.79 Å². The lowest BCUT2D eigenvalue weighted by molar-refractivity contribution is -0.159. The van der Waals surface area contributed by atoms with E-state index in [0.717, 1.165) is 12.8 Å². The summed E-state index contributed by atoms with van der Waals surface area (Å²) < 4.78 is 26.6. The predicted molar refractivity (Wildman–Crippen MR) is 194 cm³/mol. The molecular weight excluding hydrogens is 662 g/mol. The van der Waals surface area contributed by atoms with Crippen LogP contribution < -0.4 is 16.0 Å². The average molecular weight is 732 g/mol. The van der Waals surface area contributed by atoms with Gasteiger partial charge in [0.1, 0.15) is 24.9 Å². The number of aliphatic carboxylic acids is 1. The zero-order valence-electron chi connectivity index (χ0n) is 32.0. The van der Waals surface area contributed by atoms with Crippen molar-refractivity contribution in [3.63, 3.8) is 0 Å². The highest BCUT2D eigenvalue weighted by Crippen LogP contribution is 2.13. The Morgan fingerprint density at radius 1 is 0.569 bits per heavy atom. The minimum atomic E-state index is -1.10. The van der Waals surface area contributed by atoms with Crippen LogP contribution in [0.4, 0.5) is 0 Å². The van der Waals surface area contributed by atoms with Crippen LogP contribution in [0.25, 0.3) is 0 Å². The predicted octanol–water partition coefficient (Wildman–Crippen LogP) is 4.46. The first-order chi connectivity index (χ1) is 24.4. The molecule has 3 amide bonds. The molecule has 1 atom stereocenters. The standard InChI is InChI=1S/C37H69N3O11/c1-5-6-7-8-9-10-11-12-13-14-15-16-17-18-32(41)38-21-23-47-25-27-49-29-33(42)39-22-24-48-26-28-50-30-34(43)40-31(19-20-35(44)45)36(46)51-37(2,3)4/h31H,5-30H2,1-4H3,(H,38,41)(H,39,42)(H,40,43)(H,44,45). The van der Waals surface area contributed by atoms with Crippen molar-refractivity contribution >= 4 is 29.7 Å². The average Bonchev–Trinajstić information content (AvgIpc) is 3.06. The molecular formula is C37H69N3O11. The number of carboxylic acid groups (broad SMARTS) is 1. The molecule has 0 bridgehead atoms. The van der Waals surface area contributed by atoms with Crippen molar-refractivity contribution < 1.29 is 52.8 Å². The van der Waals surface area contributed by atoms with Crippen LogP contribution in [-0.2, 0) is 47.7 Å². The summed E-state index contributed by atoms with van der Waals surface area (Å²) in [5.74, 6) is -2.64.